The Morgan fingerprint density at radius 3 is 2.40 bits per heavy atom. The second kappa shape index (κ2) is 5.70. The molecule has 0 aliphatic carbocycles. The minimum Gasteiger partial charge on any atom is -0.454 e. The van der Waals surface area contributed by atoms with Crippen LogP contribution in [-0.2, 0) is 0 Å². The molecule has 0 aliphatic heterocycles. The average molecular weight is 350 g/mol. The zero-order chi connectivity index (χ0) is 14.9. The van der Waals surface area contributed by atoms with Crippen LogP contribution < -0.4 is 10.5 Å². The standard InChI is InChI=1S/C13H8BrF4NO/c14-6-3-9(15)12(16)11(4-6)20-10-2-1-7(19)5-8(10)13(17)18/h1-5,13H,19H2. The summed E-state index contributed by atoms with van der Waals surface area (Å²) < 4.78 is 57.7. The molecule has 0 amide bonds. The summed E-state index contributed by atoms with van der Waals surface area (Å²) in [5.41, 5.74) is 5.03. The van der Waals surface area contributed by atoms with E-state index in [2.05, 4.69) is 15.9 Å². The molecule has 0 atom stereocenters. The minimum absolute atomic E-state index is 0.119. The summed E-state index contributed by atoms with van der Waals surface area (Å²) >= 11 is 2.96. The van der Waals surface area contributed by atoms with Crippen LogP contribution >= 0.6 is 15.9 Å². The third-order valence-electron chi connectivity index (χ3n) is 2.45. The van der Waals surface area contributed by atoms with Crippen LogP contribution in [0, 0.1) is 11.6 Å². The van der Waals surface area contributed by atoms with Gasteiger partial charge in [0.1, 0.15) is 5.75 Å². The molecule has 0 aromatic heterocycles. The fraction of sp³-hybridized carbons (Fsp3) is 0.0769. The Bertz CT molecular complexity index is 649. The molecule has 2 rings (SSSR count). The van der Waals surface area contributed by atoms with Crippen molar-refractivity contribution in [3.05, 3.63) is 52.0 Å². The second-order valence-corrected chi connectivity index (χ2v) is 4.82. The highest BCUT2D eigenvalue weighted by Gasteiger charge is 2.18. The third-order valence-corrected chi connectivity index (χ3v) is 2.91. The van der Waals surface area contributed by atoms with E-state index in [1.54, 1.807) is 0 Å². The van der Waals surface area contributed by atoms with Crippen molar-refractivity contribution in [2.24, 2.45) is 0 Å². The zero-order valence-corrected chi connectivity index (χ0v) is 11.4. The van der Waals surface area contributed by atoms with Gasteiger partial charge in [-0.15, -0.1) is 0 Å². The molecule has 0 bridgehead atoms. The second-order valence-electron chi connectivity index (χ2n) is 3.90. The Morgan fingerprint density at radius 1 is 1.05 bits per heavy atom. The van der Waals surface area contributed by atoms with Crippen LogP contribution in [0.1, 0.15) is 12.0 Å². The Morgan fingerprint density at radius 2 is 1.75 bits per heavy atom. The third kappa shape index (κ3) is 3.04. The molecule has 0 aliphatic rings. The van der Waals surface area contributed by atoms with Crippen LogP contribution in [0.5, 0.6) is 11.5 Å². The monoisotopic (exact) mass is 349 g/mol. The van der Waals surface area contributed by atoms with E-state index in [1.807, 2.05) is 0 Å². The van der Waals surface area contributed by atoms with Crippen molar-refractivity contribution in [3.63, 3.8) is 0 Å². The van der Waals surface area contributed by atoms with Crippen LogP contribution in [-0.4, -0.2) is 0 Å². The van der Waals surface area contributed by atoms with Crippen molar-refractivity contribution < 1.29 is 22.3 Å². The molecule has 106 valence electrons. The van der Waals surface area contributed by atoms with Gasteiger partial charge in [-0.25, -0.2) is 13.2 Å². The molecule has 7 heteroatoms. The maximum absolute atomic E-state index is 13.5. The molecular formula is C13H8BrF4NO. The summed E-state index contributed by atoms with van der Waals surface area (Å²) in [7, 11) is 0. The molecule has 0 heterocycles. The fourth-order valence-corrected chi connectivity index (χ4v) is 1.96. The number of hydrogen-bond donors (Lipinski definition) is 1. The lowest BCUT2D eigenvalue weighted by atomic mass is 10.2. The summed E-state index contributed by atoms with van der Waals surface area (Å²) in [6.07, 6.45) is -2.85. The first-order valence-corrected chi connectivity index (χ1v) is 6.17. The summed E-state index contributed by atoms with van der Waals surface area (Å²) in [6.45, 7) is 0. The van der Waals surface area contributed by atoms with E-state index in [0.717, 1.165) is 18.2 Å². The Balaban J connectivity index is 2.45. The van der Waals surface area contributed by atoms with Gasteiger partial charge in [0.05, 0.1) is 5.56 Å². The van der Waals surface area contributed by atoms with E-state index in [0.29, 0.717) is 0 Å². The van der Waals surface area contributed by atoms with Crippen LogP contribution in [0.3, 0.4) is 0 Å². The van der Waals surface area contributed by atoms with E-state index in [4.69, 9.17) is 10.5 Å². The van der Waals surface area contributed by atoms with Gasteiger partial charge >= 0.3 is 0 Å². The van der Waals surface area contributed by atoms with Crippen molar-refractivity contribution in [2.45, 2.75) is 6.43 Å². The number of halogens is 5. The number of rotatable bonds is 3. The highest BCUT2D eigenvalue weighted by molar-refractivity contribution is 9.10. The number of ether oxygens (including phenoxy) is 1. The van der Waals surface area contributed by atoms with Crippen LogP contribution in [0.4, 0.5) is 23.2 Å². The maximum atomic E-state index is 13.5. The van der Waals surface area contributed by atoms with Crippen molar-refractivity contribution in [1.29, 1.82) is 0 Å². The van der Waals surface area contributed by atoms with Gasteiger partial charge in [0.25, 0.3) is 6.43 Å². The van der Waals surface area contributed by atoms with Gasteiger partial charge in [0.15, 0.2) is 11.6 Å². The largest absolute Gasteiger partial charge is 0.454 e. The average Bonchev–Trinajstić information content (AvgIpc) is 2.37. The van der Waals surface area contributed by atoms with E-state index in [9.17, 15) is 17.6 Å². The molecule has 2 N–H and O–H groups in total. The van der Waals surface area contributed by atoms with E-state index >= 15 is 0 Å². The summed E-state index contributed by atoms with van der Waals surface area (Å²) in [4.78, 5) is 0. The molecule has 0 saturated carbocycles. The van der Waals surface area contributed by atoms with E-state index in [1.165, 1.54) is 12.1 Å². The van der Waals surface area contributed by atoms with Crippen molar-refractivity contribution in [3.8, 4) is 11.5 Å². The van der Waals surface area contributed by atoms with E-state index < -0.39 is 29.4 Å². The zero-order valence-electron chi connectivity index (χ0n) is 9.84. The van der Waals surface area contributed by atoms with Gasteiger partial charge in [-0.05, 0) is 30.3 Å². The smallest absolute Gasteiger partial charge is 0.267 e. The highest BCUT2D eigenvalue weighted by atomic mass is 79.9. The first-order valence-electron chi connectivity index (χ1n) is 5.38. The first kappa shape index (κ1) is 14.6. The lowest BCUT2D eigenvalue weighted by molar-refractivity contribution is 0.148. The van der Waals surface area contributed by atoms with Crippen molar-refractivity contribution >= 4 is 21.6 Å². The lowest BCUT2D eigenvalue weighted by Gasteiger charge is -2.12. The van der Waals surface area contributed by atoms with E-state index in [-0.39, 0.29) is 15.9 Å². The topological polar surface area (TPSA) is 35.2 Å². The number of hydrogen-bond acceptors (Lipinski definition) is 2. The molecule has 0 unspecified atom stereocenters. The van der Waals surface area contributed by atoms with Crippen LogP contribution in [0.2, 0.25) is 0 Å². The Labute approximate surface area is 120 Å². The number of alkyl halides is 2. The van der Waals surface area contributed by atoms with Crippen LogP contribution in [0.25, 0.3) is 0 Å². The minimum atomic E-state index is -2.85. The lowest BCUT2D eigenvalue weighted by Crippen LogP contribution is -1.97. The van der Waals surface area contributed by atoms with Crippen molar-refractivity contribution in [2.75, 3.05) is 5.73 Å². The molecule has 2 nitrogen and oxygen atoms in total. The van der Waals surface area contributed by atoms with Gasteiger partial charge in [0, 0.05) is 10.2 Å². The normalized spacial score (nSPS) is 10.9. The predicted octanol–water partition coefficient (Wildman–Crippen LogP) is 5.04. The van der Waals surface area contributed by atoms with Crippen LogP contribution in [0.15, 0.2) is 34.8 Å². The van der Waals surface area contributed by atoms with Gasteiger partial charge in [-0.1, -0.05) is 15.9 Å². The summed E-state index contributed by atoms with van der Waals surface area (Å²) in [5.74, 6) is -3.19. The fourth-order valence-electron chi connectivity index (χ4n) is 1.56. The highest BCUT2D eigenvalue weighted by Crippen LogP contribution is 2.36. The van der Waals surface area contributed by atoms with Gasteiger partial charge in [-0.3, -0.25) is 0 Å². The first-order chi connectivity index (χ1) is 9.38. The predicted molar refractivity (Wildman–Crippen MR) is 69.9 cm³/mol. The molecule has 2 aromatic carbocycles. The number of anilines is 1. The summed E-state index contributed by atoms with van der Waals surface area (Å²) in [6, 6.07) is 5.57. The molecular weight excluding hydrogens is 342 g/mol. The molecule has 0 saturated heterocycles. The quantitative estimate of drug-likeness (QED) is 0.478. The number of nitrogens with two attached hydrogens (primary N) is 1. The number of nitrogen functional groups attached to an aromatic ring is 1. The molecule has 0 radical (unpaired) electrons. The Hall–Kier alpha value is -1.76. The van der Waals surface area contributed by atoms with Gasteiger partial charge in [-0.2, -0.15) is 4.39 Å². The Kier molecular flexibility index (Phi) is 4.17. The molecule has 0 fully saturated rings. The number of benzene rings is 2. The summed E-state index contributed by atoms with van der Waals surface area (Å²) in [5, 5.41) is 0. The SMILES string of the molecule is Nc1ccc(Oc2cc(Br)cc(F)c2F)c(C(F)F)c1. The van der Waals surface area contributed by atoms with Crippen molar-refractivity contribution in [1.82, 2.24) is 0 Å². The molecule has 20 heavy (non-hydrogen) atoms. The van der Waals surface area contributed by atoms with Gasteiger partial charge in [0.2, 0.25) is 5.82 Å². The van der Waals surface area contributed by atoms with Gasteiger partial charge < -0.3 is 10.5 Å². The maximum Gasteiger partial charge on any atom is 0.267 e. The molecule has 0 spiro atoms. The molecule has 2 aromatic rings.